The first-order chi connectivity index (χ1) is 34.2. The molecule has 0 N–H and O–H groups in total. The molecule has 12 aromatic rings. The highest BCUT2D eigenvalue weighted by molar-refractivity contribution is 6.15. The molecule has 0 bridgehead atoms. The molecule has 0 atom stereocenters. The normalized spacial score (nSPS) is 12.8. The highest BCUT2D eigenvalue weighted by Crippen LogP contribution is 2.66. The van der Waals surface area contributed by atoms with Gasteiger partial charge < -0.3 is 9.32 Å². The molecule has 1 aromatic heterocycles. The van der Waals surface area contributed by atoms with Crippen molar-refractivity contribution in [3.8, 4) is 66.8 Å². The number of hydrogen-bond acceptors (Lipinski definition) is 2. The Morgan fingerprint density at radius 1 is 0.290 bits per heavy atom. The minimum atomic E-state index is -0.614. The van der Waals surface area contributed by atoms with Gasteiger partial charge in [0.15, 0.2) is 0 Å². The third-order valence-corrected chi connectivity index (χ3v) is 14.7. The van der Waals surface area contributed by atoms with E-state index in [1.807, 2.05) is 0 Å². The lowest BCUT2D eigenvalue weighted by Crippen LogP contribution is -2.26. The first-order valence-electron chi connectivity index (χ1n) is 23.8. The Morgan fingerprint density at radius 3 is 1.26 bits per heavy atom. The first-order valence-corrected chi connectivity index (χ1v) is 23.8. The predicted molar refractivity (Wildman–Crippen MR) is 286 cm³/mol. The average Bonchev–Trinajstić information content (AvgIpc) is 4.05. The summed E-state index contributed by atoms with van der Waals surface area (Å²) in [5.74, 6) is 0. The highest BCUT2D eigenvalue weighted by Gasteiger charge is 2.53. The van der Waals surface area contributed by atoms with Crippen LogP contribution in [0.4, 0.5) is 17.1 Å². The van der Waals surface area contributed by atoms with Crippen LogP contribution in [0.15, 0.2) is 265 Å². The van der Waals surface area contributed by atoms with Crippen molar-refractivity contribution in [3.05, 3.63) is 283 Å². The summed E-state index contributed by atoms with van der Waals surface area (Å²) in [6, 6.07) is 95.3. The number of furan rings is 1. The van der Waals surface area contributed by atoms with Crippen molar-refractivity contribution >= 4 is 39.0 Å². The molecule has 0 aliphatic heterocycles. The molecule has 0 radical (unpaired) electrons. The van der Waals surface area contributed by atoms with Crippen molar-refractivity contribution in [2.24, 2.45) is 0 Å². The lowest BCUT2D eigenvalue weighted by Gasteiger charge is -2.32. The molecule has 2 nitrogen and oxygen atoms in total. The van der Waals surface area contributed by atoms with Crippen LogP contribution in [0.3, 0.4) is 0 Å². The van der Waals surface area contributed by atoms with E-state index in [0.717, 1.165) is 50.1 Å². The van der Waals surface area contributed by atoms with E-state index >= 15 is 0 Å². The molecule has 0 unspecified atom stereocenters. The standard InChI is InChI=1S/C67H43NO/c1-4-16-44(17-5-1)47-28-35-51(36-29-47)68(52-37-30-48(31-38-52)45-18-6-2-7-19-45)53-39-32-49(33-40-53)64-65-58(43-59-57-24-12-15-27-63(57)69-66(59)64)56-41-34-50(46-20-8-3-9-21-46)42-62(56)67(65)60-25-13-10-22-54(60)55-23-11-14-26-61(55)67/h1-43H. The third-order valence-electron chi connectivity index (χ3n) is 14.7. The van der Waals surface area contributed by atoms with E-state index in [0.29, 0.717) is 0 Å². The molecular formula is C67H43NO. The van der Waals surface area contributed by atoms with Crippen LogP contribution in [0.1, 0.15) is 22.3 Å². The minimum Gasteiger partial charge on any atom is -0.455 e. The van der Waals surface area contributed by atoms with Crippen LogP contribution in [-0.2, 0) is 5.41 Å². The molecule has 0 amide bonds. The summed E-state index contributed by atoms with van der Waals surface area (Å²) in [6.07, 6.45) is 0. The van der Waals surface area contributed by atoms with Gasteiger partial charge in [-0.3, -0.25) is 0 Å². The largest absolute Gasteiger partial charge is 0.455 e. The van der Waals surface area contributed by atoms with E-state index in [-0.39, 0.29) is 0 Å². The summed E-state index contributed by atoms with van der Waals surface area (Å²) in [4.78, 5) is 2.37. The zero-order valence-electron chi connectivity index (χ0n) is 37.7. The van der Waals surface area contributed by atoms with Gasteiger partial charge in [0, 0.05) is 33.4 Å². The van der Waals surface area contributed by atoms with Crippen LogP contribution in [0.2, 0.25) is 0 Å². The monoisotopic (exact) mass is 877 g/mol. The van der Waals surface area contributed by atoms with Gasteiger partial charge in [-0.1, -0.05) is 206 Å². The zero-order chi connectivity index (χ0) is 45.5. The van der Waals surface area contributed by atoms with Crippen LogP contribution in [0.5, 0.6) is 0 Å². The summed E-state index contributed by atoms with van der Waals surface area (Å²) in [7, 11) is 0. The number of para-hydroxylation sites is 1. The molecule has 11 aromatic carbocycles. The molecule has 1 heterocycles. The van der Waals surface area contributed by atoms with Gasteiger partial charge in [-0.05, 0) is 138 Å². The number of fused-ring (bicyclic) bond motifs is 13. The van der Waals surface area contributed by atoms with E-state index < -0.39 is 5.41 Å². The summed E-state index contributed by atoms with van der Waals surface area (Å²) in [5.41, 5.74) is 24.0. The number of hydrogen-bond donors (Lipinski definition) is 0. The van der Waals surface area contributed by atoms with Gasteiger partial charge in [0.1, 0.15) is 11.2 Å². The van der Waals surface area contributed by atoms with Crippen LogP contribution in [0, 0.1) is 0 Å². The lowest BCUT2D eigenvalue weighted by atomic mass is 9.68. The number of benzene rings is 11. The van der Waals surface area contributed by atoms with Crippen LogP contribution < -0.4 is 4.90 Å². The van der Waals surface area contributed by atoms with Gasteiger partial charge in [0.05, 0.1) is 5.41 Å². The summed E-state index contributed by atoms with van der Waals surface area (Å²) in [6.45, 7) is 0. The smallest absolute Gasteiger partial charge is 0.143 e. The Hall–Kier alpha value is -8.98. The molecule has 2 heteroatoms. The maximum Gasteiger partial charge on any atom is 0.143 e. The van der Waals surface area contributed by atoms with Gasteiger partial charge in [-0.15, -0.1) is 0 Å². The summed E-state index contributed by atoms with van der Waals surface area (Å²) in [5, 5.41) is 2.24. The number of anilines is 3. The maximum atomic E-state index is 7.14. The SMILES string of the molecule is c1ccc(-c2ccc(N(c3ccc(-c4ccccc4)cc3)c3ccc(-c4c5c(cc6c4oc4ccccc46)-c4ccc(-c6ccccc6)cc4C54c5ccccc5-c5ccccc54)cc3)cc2)cc1. The van der Waals surface area contributed by atoms with E-state index in [1.165, 1.54) is 77.9 Å². The van der Waals surface area contributed by atoms with Crippen LogP contribution in [0.25, 0.3) is 88.7 Å². The van der Waals surface area contributed by atoms with Gasteiger partial charge in [0.25, 0.3) is 0 Å². The van der Waals surface area contributed by atoms with Crippen molar-refractivity contribution < 1.29 is 4.42 Å². The van der Waals surface area contributed by atoms with E-state index in [2.05, 4.69) is 266 Å². The van der Waals surface area contributed by atoms with Gasteiger partial charge in [-0.2, -0.15) is 0 Å². The number of nitrogens with zero attached hydrogens (tertiary/aromatic N) is 1. The maximum absolute atomic E-state index is 7.14. The van der Waals surface area contributed by atoms with E-state index in [9.17, 15) is 0 Å². The first kappa shape index (κ1) is 39.2. The topological polar surface area (TPSA) is 16.4 Å². The molecule has 0 saturated carbocycles. The van der Waals surface area contributed by atoms with Crippen molar-refractivity contribution in [2.45, 2.75) is 5.41 Å². The molecule has 14 rings (SSSR count). The van der Waals surface area contributed by atoms with E-state index in [4.69, 9.17) is 4.42 Å². The summed E-state index contributed by atoms with van der Waals surface area (Å²) < 4.78 is 7.14. The Kier molecular flexibility index (Phi) is 8.84. The predicted octanol–water partition coefficient (Wildman–Crippen LogP) is 18.1. The molecule has 2 aliphatic rings. The van der Waals surface area contributed by atoms with Gasteiger partial charge in [0.2, 0.25) is 0 Å². The lowest BCUT2D eigenvalue weighted by molar-refractivity contribution is 0.668. The Morgan fingerprint density at radius 2 is 0.710 bits per heavy atom. The fourth-order valence-electron chi connectivity index (χ4n) is 11.7. The molecular weight excluding hydrogens is 835 g/mol. The van der Waals surface area contributed by atoms with Crippen molar-refractivity contribution in [2.75, 3.05) is 4.90 Å². The van der Waals surface area contributed by atoms with Crippen LogP contribution >= 0.6 is 0 Å². The van der Waals surface area contributed by atoms with Gasteiger partial charge in [-0.25, -0.2) is 0 Å². The minimum absolute atomic E-state index is 0.614. The third kappa shape index (κ3) is 5.99. The Labute approximate surface area is 401 Å². The zero-order valence-corrected chi connectivity index (χ0v) is 37.7. The van der Waals surface area contributed by atoms with Crippen molar-refractivity contribution in [1.82, 2.24) is 0 Å². The highest BCUT2D eigenvalue weighted by atomic mass is 16.3. The average molecular weight is 878 g/mol. The number of rotatable bonds is 7. The van der Waals surface area contributed by atoms with Crippen LogP contribution in [-0.4, -0.2) is 0 Å². The molecule has 0 saturated heterocycles. The van der Waals surface area contributed by atoms with E-state index in [1.54, 1.807) is 0 Å². The second-order valence-electron chi connectivity index (χ2n) is 18.3. The summed E-state index contributed by atoms with van der Waals surface area (Å²) >= 11 is 0. The van der Waals surface area contributed by atoms with Crippen molar-refractivity contribution in [1.29, 1.82) is 0 Å². The quantitative estimate of drug-likeness (QED) is 0.159. The molecule has 322 valence electrons. The molecule has 1 spiro atoms. The molecule has 0 fully saturated rings. The Balaban J connectivity index is 1.00. The van der Waals surface area contributed by atoms with Gasteiger partial charge >= 0.3 is 0 Å². The second kappa shape index (κ2) is 15.6. The second-order valence-corrected chi connectivity index (χ2v) is 18.3. The Bertz CT molecular complexity index is 3780. The fourth-order valence-corrected chi connectivity index (χ4v) is 11.7. The van der Waals surface area contributed by atoms with Crippen molar-refractivity contribution in [3.63, 3.8) is 0 Å². The molecule has 2 aliphatic carbocycles. The molecule has 69 heavy (non-hydrogen) atoms. The fraction of sp³-hybridized carbons (Fsp3) is 0.0149.